The highest BCUT2D eigenvalue weighted by atomic mass is 79.9. The number of nitrogens with zero attached hydrogens (tertiary/aromatic N) is 1. The number of fused-ring (bicyclic) bond motifs is 1. The van der Waals surface area contributed by atoms with Crippen molar-refractivity contribution in [2.24, 2.45) is 5.73 Å². The minimum absolute atomic E-state index is 0.0673. The van der Waals surface area contributed by atoms with Crippen LogP contribution in [-0.4, -0.2) is 24.3 Å². The molecule has 1 heterocycles. The van der Waals surface area contributed by atoms with Crippen molar-refractivity contribution < 1.29 is 14.4 Å². The van der Waals surface area contributed by atoms with E-state index >= 15 is 0 Å². The fourth-order valence-corrected chi connectivity index (χ4v) is 2.33. The quantitative estimate of drug-likeness (QED) is 0.783. The van der Waals surface area contributed by atoms with Gasteiger partial charge < -0.3 is 20.1 Å². The van der Waals surface area contributed by atoms with Crippen molar-refractivity contribution in [3.05, 3.63) is 22.2 Å². The Bertz CT molecular complexity index is 516. The van der Waals surface area contributed by atoms with Gasteiger partial charge in [-0.2, -0.15) is 5.26 Å². The van der Waals surface area contributed by atoms with Crippen LogP contribution in [0.2, 0.25) is 0 Å². The first-order valence-corrected chi connectivity index (χ1v) is 6.18. The lowest BCUT2D eigenvalue weighted by atomic mass is 9.79. The van der Waals surface area contributed by atoms with E-state index in [0.29, 0.717) is 22.3 Å². The van der Waals surface area contributed by atoms with Crippen molar-refractivity contribution in [1.82, 2.24) is 0 Å². The number of hydrogen-bond donors (Lipinski definition) is 2. The molecule has 5 nitrogen and oxygen atoms in total. The summed E-state index contributed by atoms with van der Waals surface area (Å²) in [6.07, 6.45) is 0. The number of halogens is 1. The standard InChI is InChI=1S/C11H12BBrN2O3/c1-11(15,5-14)6-17-8-3-2-7-4-18-12(16)9(7)10(8)13/h2-3,16H,4,6,15H2,1H3/t11-/m0/s1. The Morgan fingerprint density at radius 2 is 2.44 bits per heavy atom. The molecule has 0 amide bonds. The van der Waals surface area contributed by atoms with E-state index in [1.807, 2.05) is 12.1 Å². The average molecular weight is 311 g/mol. The minimum atomic E-state index is -1.05. The van der Waals surface area contributed by atoms with Crippen LogP contribution in [0.25, 0.3) is 0 Å². The van der Waals surface area contributed by atoms with Gasteiger partial charge in [0, 0.05) is 5.46 Å². The molecule has 0 saturated carbocycles. The number of benzene rings is 1. The monoisotopic (exact) mass is 310 g/mol. The summed E-state index contributed by atoms with van der Waals surface area (Å²) in [5.74, 6) is 0.533. The molecule has 2 rings (SSSR count). The maximum Gasteiger partial charge on any atom is 0.493 e. The summed E-state index contributed by atoms with van der Waals surface area (Å²) >= 11 is 3.37. The van der Waals surface area contributed by atoms with E-state index in [0.717, 1.165) is 5.56 Å². The average Bonchev–Trinajstić information content (AvgIpc) is 2.71. The summed E-state index contributed by atoms with van der Waals surface area (Å²) in [5, 5.41) is 18.5. The second-order valence-electron chi connectivity index (χ2n) is 4.43. The highest BCUT2D eigenvalue weighted by Gasteiger charge is 2.31. The lowest BCUT2D eigenvalue weighted by molar-refractivity contribution is 0.263. The zero-order valence-corrected chi connectivity index (χ0v) is 11.4. The molecule has 0 aromatic heterocycles. The first kappa shape index (κ1) is 13.4. The molecule has 7 heteroatoms. The molecule has 0 aliphatic carbocycles. The molecule has 0 spiro atoms. The van der Waals surface area contributed by atoms with Gasteiger partial charge in [-0.05, 0) is 34.5 Å². The third-order valence-corrected chi connectivity index (χ3v) is 3.48. The molecule has 1 aromatic carbocycles. The molecule has 1 aliphatic heterocycles. The smallest absolute Gasteiger partial charge is 0.489 e. The van der Waals surface area contributed by atoms with Crippen LogP contribution in [0.5, 0.6) is 5.75 Å². The fraction of sp³-hybridized carbons (Fsp3) is 0.364. The van der Waals surface area contributed by atoms with Crippen LogP contribution in [0.4, 0.5) is 0 Å². The summed E-state index contributed by atoms with van der Waals surface area (Å²) in [5.41, 5.74) is 6.21. The molecule has 0 radical (unpaired) electrons. The van der Waals surface area contributed by atoms with E-state index in [4.69, 9.17) is 20.4 Å². The van der Waals surface area contributed by atoms with Crippen molar-refractivity contribution >= 4 is 28.5 Å². The first-order valence-electron chi connectivity index (χ1n) is 5.38. The molecule has 1 aliphatic rings. The Morgan fingerprint density at radius 1 is 1.72 bits per heavy atom. The molecule has 0 fully saturated rings. The summed E-state index contributed by atoms with van der Waals surface area (Å²) in [6, 6.07) is 5.54. The highest BCUT2D eigenvalue weighted by molar-refractivity contribution is 9.10. The topological polar surface area (TPSA) is 88.5 Å². The van der Waals surface area contributed by atoms with Gasteiger partial charge in [0.05, 0.1) is 17.1 Å². The normalized spacial score (nSPS) is 16.9. The number of hydrogen-bond acceptors (Lipinski definition) is 5. The zero-order valence-electron chi connectivity index (χ0n) is 9.81. The largest absolute Gasteiger partial charge is 0.493 e. The summed E-state index contributed by atoms with van der Waals surface area (Å²) < 4.78 is 11.3. The predicted octanol–water partition coefficient (Wildman–Crippen LogP) is 0.287. The van der Waals surface area contributed by atoms with Crippen molar-refractivity contribution in [2.75, 3.05) is 6.61 Å². The number of ether oxygens (including phenoxy) is 1. The van der Waals surface area contributed by atoms with Crippen LogP contribution in [0.1, 0.15) is 12.5 Å². The van der Waals surface area contributed by atoms with E-state index in [1.54, 1.807) is 13.0 Å². The summed E-state index contributed by atoms with van der Waals surface area (Å²) in [4.78, 5) is 0. The maximum atomic E-state index is 9.68. The van der Waals surface area contributed by atoms with Crippen LogP contribution < -0.4 is 15.9 Å². The second-order valence-corrected chi connectivity index (χ2v) is 5.22. The Balaban J connectivity index is 2.22. The minimum Gasteiger partial charge on any atom is -0.489 e. The number of nitriles is 1. The lowest BCUT2D eigenvalue weighted by Crippen LogP contribution is -2.41. The van der Waals surface area contributed by atoms with Gasteiger partial charge in [-0.1, -0.05) is 6.07 Å². The fourth-order valence-electron chi connectivity index (χ4n) is 1.63. The second kappa shape index (κ2) is 4.90. The third-order valence-electron chi connectivity index (χ3n) is 2.66. The van der Waals surface area contributed by atoms with Crippen molar-refractivity contribution in [2.45, 2.75) is 19.1 Å². The first-order chi connectivity index (χ1) is 8.44. The Labute approximate surface area is 114 Å². The molecule has 18 heavy (non-hydrogen) atoms. The Morgan fingerprint density at radius 3 is 3.11 bits per heavy atom. The van der Waals surface area contributed by atoms with E-state index in [9.17, 15) is 5.02 Å². The highest BCUT2D eigenvalue weighted by Crippen LogP contribution is 2.28. The third kappa shape index (κ3) is 2.52. The molecule has 94 valence electrons. The lowest BCUT2D eigenvalue weighted by Gasteiger charge is -2.18. The predicted molar refractivity (Wildman–Crippen MR) is 70.2 cm³/mol. The van der Waals surface area contributed by atoms with Crippen molar-refractivity contribution in [3.8, 4) is 11.8 Å². The van der Waals surface area contributed by atoms with E-state index in [-0.39, 0.29) is 6.61 Å². The van der Waals surface area contributed by atoms with Crippen LogP contribution in [0.15, 0.2) is 16.6 Å². The Hall–Kier alpha value is -1.07. The molecular formula is C11H12BBrN2O3. The van der Waals surface area contributed by atoms with Gasteiger partial charge in [0.15, 0.2) is 0 Å². The van der Waals surface area contributed by atoms with Gasteiger partial charge in [0.1, 0.15) is 17.9 Å². The van der Waals surface area contributed by atoms with Crippen LogP contribution in [0, 0.1) is 11.3 Å². The molecule has 0 unspecified atom stereocenters. The molecular weight excluding hydrogens is 299 g/mol. The SMILES string of the molecule is C[C@](N)(C#N)COc1ccc2c(c1Br)B(O)OC2. The van der Waals surface area contributed by atoms with Crippen molar-refractivity contribution in [1.29, 1.82) is 5.26 Å². The van der Waals surface area contributed by atoms with Gasteiger partial charge in [0.25, 0.3) is 0 Å². The molecule has 1 aromatic rings. The molecule has 0 saturated heterocycles. The van der Waals surface area contributed by atoms with Gasteiger partial charge in [0.2, 0.25) is 0 Å². The number of nitrogens with two attached hydrogens (primary N) is 1. The zero-order chi connectivity index (χ0) is 13.3. The van der Waals surface area contributed by atoms with E-state index in [1.165, 1.54) is 0 Å². The molecule has 1 atom stereocenters. The summed E-state index contributed by atoms with van der Waals surface area (Å²) in [7, 11) is -0.946. The van der Waals surface area contributed by atoms with E-state index < -0.39 is 12.7 Å². The van der Waals surface area contributed by atoms with E-state index in [2.05, 4.69) is 15.9 Å². The Kier molecular flexibility index (Phi) is 3.64. The van der Waals surface area contributed by atoms with Gasteiger partial charge in [-0.25, -0.2) is 0 Å². The van der Waals surface area contributed by atoms with Crippen molar-refractivity contribution in [3.63, 3.8) is 0 Å². The van der Waals surface area contributed by atoms with Crippen LogP contribution in [-0.2, 0) is 11.3 Å². The van der Waals surface area contributed by atoms with Crippen LogP contribution >= 0.6 is 15.9 Å². The molecule has 0 bridgehead atoms. The van der Waals surface area contributed by atoms with Gasteiger partial charge in [-0.15, -0.1) is 0 Å². The maximum absolute atomic E-state index is 9.68. The molecule has 3 N–H and O–H groups in total. The van der Waals surface area contributed by atoms with Gasteiger partial charge in [-0.3, -0.25) is 0 Å². The number of rotatable bonds is 3. The van der Waals surface area contributed by atoms with Crippen LogP contribution in [0.3, 0.4) is 0 Å². The van der Waals surface area contributed by atoms with Gasteiger partial charge >= 0.3 is 7.12 Å². The summed E-state index contributed by atoms with van der Waals surface area (Å²) in [6.45, 7) is 2.03.